The highest BCUT2D eigenvalue weighted by Crippen LogP contribution is 2.67. The molecule has 0 radical (unpaired) electrons. The van der Waals surface area contributed by atoms with E-state index in [0.717, 1.165) is 54.1 Å². The second kappa shape index (κ2) is 8.83. The molecule has 2 saturated heterocycles. The molecule has 37 heavy (non-hydrogen) atoms. The van der Waals surface area contributed by atoms with E-state index in [1.165, 1.54) is 51.4 Å². The second-order valence-electron chi connectivity index (χ2n) is 13.8. The van der Waals surface area contributed by atoms with E-state index in [9.17, 15) is 4.79 Å². The van der Waals surface area contributed by atoms with E-state index in [4.69, 9.17) is 4.98 Å². The number of hydrogen-bond donors (Lipinski definition) is 0. The summed E-state index contributed by atoms with van der Waals surface area (Å²) in [6.07, 6.45) is 14.5. The van der Waals surface area contributed by atoms with E-state index < -0.39 is 0 Å². The number of piperidine rings is 2. The van der Waals surface area contributed by atoms with Crippen molar-refractivity contribution in [2.45, 2.75) is 122 Å². The number of aromatic nitrogens is 2. The van der Waals surface area contributed by atoms with Gasteiger partial charge in [0.25, 0.3) is 5.56 Å². The van der Waals surface area contributed by atoms with Crippen LogP contribution in [-0.4, -0.2) is 45.7 Å². The van der Waals surface area contributed by atoms with Gasteiger partial charge in [0, 0.05) is 37.3 Å². The summed E-state index contributed by atoms with van der Waals surface area (Å²) in [5, 5.41) is 0. The third-order valence-electron chi connectivity index (χ3n) is 12.1. The zero-order valence-corrected chi connectivity index (χ0v) is 23.4. The lowest BCUT2D eigenvalue weighted by Gasteiger charge is -2.56. The Morgan fingerprint density at radius 2 is 1.73 bits per heavy atom. The van der Waals surface area contributed by atoms with E-state index in [2.05, 4.69) is 59.4 Å². The predicted octanol–water partition coefficient (Wildman–Crippen LogP) is 6.40. The average Bonchev–Trinajstić information content (AvgIpc) is 3.06. The fourth-order valence-corrected chi connectivity index (χ4v) is 9.87. The zero-order valence-electron chi connectivity index (χ0n) is 23.4. The molecule has 5 heteroatoms. The first-order valence-electron chi connectivity index (χ1n) is 15.4. The molecule has 1 aromatic heterocycles. The lowest BCUT2D eigenvalue weighted by molar-refractivity contribution is -0.0661. The van der Waals surface area contributed by atoms with Crippen LogP contribution in [0.25, 0.3) is 11.0 Å². The second-order valence-corrected chi connectivity index (χ2v) is 13.8. The van der Waals surface area contributed by atoms with Crippen molar-refractivity contribution in [1.29, 1.82) is 0 Å². The first-order chi connectivity index (χ1) is 17.9. The van der Waals surface area contributed by atoms with Gasteiger partial charge in [0.1, 0.15) is 0 Å². The first kappa shape index (κ1) is 24.2. The molecule has 2 aromatic rings. The van der Waals surface area contributed by atoms with Gasteiger partial charge < -0.3 is 9.47 Å². The van der Waals surface area contributed by atoms with Crippen LogP contribution < -0.4 is 10.5 Å². The number of nitrogens with zero attached hydrogens (tertiary/aromatic N) is 4. The van der Waals surface area contributed by atoms with Gasteiger partial charge in [0.05, 0.1) is 11.0 Å². The number of anilines is 1. The van der Waals surface area contributed by atoms with Crippen molar-refractivity contribution >= 4 is 16.9 Å². The summed E-state index contributed by atoms with van der Waals surface area (Å²) in [7, 11) is 2.04. The highest BCUT2D eigenvalue weighted by molar-refractivity contribution is 5.76. The van der Waals surface area contributed by atoms with Crippen LogP contribution in [0.3, 0.4) is 0 Å². The SMILES string of the molecule is CCC(C)N(C)c1nc2ccccc2n(C2CC3CCCC(C2)N3C2CC3CC4CC(C2)C4(C)C3)c1=O. The van der Waals surface area contributed by atoms with Gasteiger partial charge in [-0.3, -0.25) is 9.69 Å². The molecule has 0 spiro atoms. The van der Waals surface area contributed by atoms with Crippen molar-refractivity contribution in [2.24, 2.45) is 23.2 Å². The molecule has 3 saturated carbocycles. The Morgan fingerprint density at radius 1 is 1.00 bits per heavy atom. The molecule has 5 aliphatic rings. The van der Waals surface area contributed by atoms with Crippen LogP contribution >= 0.6 is 0 Å². The van der Waals surface area contributed by atoms with Gasteiger partial charge in [-0.1, -0.05) is 32.4 Å². The lowest BCUT2D eigenvalue weighted by Crippen LogP contribution is -2.58. The minimum atomic E-state index is 0.109. The highest BCUT2D eigenvalue weighted by Gasteiger charge is 2.60. The van der Waals surface area contributed by atoms with Crippen molar-refractivity contribution in [1.82, 2.24) is 14.5 Å². The molecule has 0 amide bonds. The molecule has 200 valence electrons. The number of para-hydroxylation sites is 2. The van der Waals surface area contributed by atoms with Gasteiger partial charge >= 0.3 is 0 Å². The summed E-state index contributed by atoms with van der Waals surface area (Å²) in [4.78, 5) is 24.1. The Balaban J connectivity index is 1.22. The van der Waals surface area contributed by atoms with Crippen LogP contribution in [0.1, 0.15) is 97.4 Å². The number of rotatable bonds is 5. The summed E-state index contributed by atoms with van der Waals surface area (Å²) in [5.74, 6) is 3.56. The van der Waals surface area contributed by atoms with Crippen LogP contribution in [-0.2, 0) is 0 Å². The van der Waals surface area contributed by atoms with Crippen LogP contribution in [0.4, 0.5) is 5.82 Å². The van der Waals surface area contributed by atoms with Crippen molar-refractivity contribution < 1.29 is 0 Å². The third kappa shape index (κ3) is 3.66. The van der Waals surface area contributed by atoms with E-state index in [-0.39, 0.29) is 17.6 Å². The Labute approximate surface area is 222 Å². The summed E-state index contributed by atoms with van der Waals surface area (Å²) in [5.41, 5.74) is 2.74. The van der Waals surface area contributed by atoms with Gasteiger partial charge in [-0.2, -0.15) is 0 Å². The summed E-state index contributed by atoms with van der Waals surface area (Å²) in [6, 6.07) is 10.9. The normalized spacial score (nSPS) is 39.7. The maximum atomic E-state index is 14.1. The smallest absolute Gasteiger partial charge is 0.294 e. The lowest BCUT2D eigenvalue weighted by atomic mass is 9.54. The standard InChI is InChI=1S/C32H46N4O/c1-5-20(2)34(4)30-31(37)36(29-12-7-6-11-28(29)33-30)27-17-24-9-8-10-25(18-27)35(24)26-14-21-13-22-15-23(16-26)32(22,3)19-21/h6-7,11-12,20-27H,5,8-10,13-19H2,1-4H3. The molecule has 1 aromatic carbocycles. The minimum Gasteiger partial charge on any atom is -0.352 e. The zero-order chi connectivity index (χ0) is 25.5. The van der Waals surface area contributed by atoms with E-state index in [1.54, 1.807) is 0 Å². The third-order valence-corrected chi connectivity index (χ3v) is 12.1. The number of hydrogen-bond acceptors (Lipinski definition) is 4. The van der Waals surface area contributed by atoms with Crippen molar-refractivity contribution in [2.75, 3.05) is 11.9 Å². The molecule has 4 bridgehead atoms. The fraction of sp³-hybridized carbons (Fsp3) is 0.750. The van der Waals surface area contributed by atoms with Gasteiger partial charge in [-0.15, -0.1) is 0 Å². The highest BCUT2D eigenvalue weighted by atomic mass is 16.1. The van der Waals surface area contributed by atoms with Gasteiger partial charge in [-0.25, -0.2) is 4.98 Å². The summed E-state index contributed by atoms with van der Waals surface area (Å²) < 4.78 is 2.17. The summed E-state index contributed by atoms with van der Waals surface area (Å²) in [6.45, 7) is 6.99. The molecule has 3 heterocycles. The van der Waals surface area contributed by atoms with Crippen LogP contribution in [0, 0.1) is 23.2 Å². The molecule has 3 aliphatic carbocycles. The molecule has 5 fully saturated rings. The monoisotopic (exact) mass is 502 g/mol. The first-order valence-corrected chi connectivity index (χ1v) is 15.4. The molecular formula is C32H46N4O. The number of benzene rings is 1. The number of fused-ring (bicyclic) bond motifs is 4. The molecule has 8 unspecified atom stereocenters. The predicted molar refractivity (Wildman–Crippen MR) is 151 cm³/mol. The Kier molecular flexibility index (Phi) is 5.77. The Bertz CT molecular complexity index is 1230. The quantitative estimate of drug-likeness (QED) is 0.474. The Hall–Kier alpha value is -1.88. The van der Waals surface area contributed by atoms with Crippen LogP contribution in [0.5, 0.6) is 0 Å². The molecule has 2 aliphatic heterocycles. The largest absolute Gasteiger partial charge is 0.352 e. The van der Waals surface area contributed by atoms with Crippen molar-refractivity contribution in [3.05, 3.63) is 34.6 Å². The van der Waals surface area contributed by atoms with Gasteiger partial charge in [0.15, 0.2) is 5.82 Å². The van der Waals surface area contributed by atoms with Crippen molar-refractivity contribution in [3.8, 4) is 0 Å². The van der Waals surface area contributed by atoms with Crippen LogP contribution in [0.2, 0.25) is 0 Å². The summed E-state index contributed by atoms with van der Waals surface area (Å²) >= 11 is 0. The van der Waals surface area contributed by atoms with E-state index in [0.29, 0.717) is 23.3 Å². The van der Waals surface area contributed by atoms with Gasteiger partial charge in [0.2, 0.25) is 0 Å². The van der Waals surface area contributed by atoms with Crippen LogP contribution in [0.15, 0.2) is 29.1 Å². The van der Waals surface area contributed by atoms with E-state index in [1.807, 2.05) is 7.05 Å². The minimum absolute atomic E-state index is 0.109. The van der Waals surface area contributed by atoms with Gasteiger partial charge in [-0.05, 0) is 106 Å². The van der Waals surface area contributed by atoms with E-state index >= 15 is 0 Å². The maximum absolute atomic E-state index is 14.1. The fourth-order valence-electron chi connectivity index (χ4n) is 9.87. The molecule has 8 atom stereocenters. The Morgan fingerprint density at radius 3 is 2.49 bits per heavy atom. The maximum Gasteiger partial charge on any atom is 0.294 e. The molecule has 5 nitrogen and oxygen atoms in total. The topological polar surface area (TPSA) is 41.4 Å². The molecule has 7 rings (SSSR count). The molecule has 0 N–H and O–H groups in total. The van der Waals surface area contributed by atoms with Crippen molar-refractivity contribution in [3.63, 3.8) is 0 Å². The molecular weight excluding hydrogens is 456 g/mol. The average molecular weight is 503 g/mol.